The van der Waals surface area contributed by atoms with E-state index in [9.17, 15) is 26.4 Å². The van der Waals surface area contributed by atoms with Gasteiger partial charge in [-0.3, -0.25) is 4.79 Å². The van der Waals surface area contributed by atoms with Gasteiger partial charge in [-0.2, -0.15) is 13.2 Å². The number of hydrogen-bond acceptors (Lipinski definition) is 3. The molecule has 0 saturated heterocycles. The molecule has 0 aromatic heterocycles. The van der Waals surface area contributed by atoms with E-state index in [1.807, 2.05) is 0 Å². The van der Waals surface area contributed by atoms with Crippen LogP contribution in [0.25, 0.3) is 0 Å². The van der Waals surface area contributed by atoms with E-state index in [4.69, 9.17) is 10.7 Å². The number of carbonyl (C=O) groups is 1. The molecule has 1 heterocycles. The molecule has 1 amide bonds. The Morgan fingerprint density at radius 1 is 1.30 bits per heavy atom. The molecule has 4 nitrogen and oxygen atoms in total. The monoisotopic (exact) mass is 327 g/mol. The molecule has 1 aliphatic rings. The number of carbonyl (C=O) groups excluding carboxylic acids is 1. The van der Waals surface area contributed by atoms with Crippen molar-refractivity contribution in [1.29, 1.82) is 0 Å². The normalized spacial score (nSPS) is 15.9. The quantitative estimate of drug-likeness (QED) is 0.745. The zero-order valence-corrected chi connectivity index (χ0v) is 11.5. The minimum Gasteiger partial charge on any atom is -0.304 e. The Balaban J connectivity index is 2.46. The number of nitrogens with zero attached hydrogens (tertiary/aromatic N) is 1. The van der Waals surface area contributed by atoms with Crippen LogP contribution in [0.15, 0.2) is 23.1 Å². The first kappa shape index (κ1) is 15.1. The van der Waals surface area contributed by atoms with Crippen LogP contribution in [-0.4, -0.2) is 27.0 Å². The number of rotatable bonds is 1. The molecule has 110 valence electrons. The van der Waals surface area contributed by atoms with Gasteiger partial charge < -0.3 is 4.90 Å². The van der Waals surface area contributed by atoms with E-state index in [1.54, 1.807) is 0 Å². The van der Waals surface area contributed by atoms with Gasteiger partial charge in [-0.05, 0) is 36.6 Å². The maximum absolute atomic E-state index is 12.5. The highest BCUT2D eigenvalue weighted by molar-refractivity contribution is 8.13. The summed E-state index contributed by atoms with van der Waals surface area (Å²) in [4.78, 5) is 11.7. The fourth-order valence-electron chi connectivity index (χ4n) is 2.09. The third kappa shape index (κ3) is 2.90. The molecule has 0 saturated carbocycles. The Kier molecular flexibility index (Phi) is 3.72. The van der Waals surface area contributed by atoms with Gasteiger partial charge in [0.05, 0.1) is 4.90 Å². The van der Waals surface area contributed by atoms with Crippen LogP contribution in [-0.2, 0) is 20.3 Å². The Hall–Kier alpha value is -1.28. The predicted octanol–water partition coefficient (Wildman–Crippen LogP) is 2.46. The Bertz CT molecular complexity index is 657. The maximum Gasteiger partial charge on any atom is 0.471 e. The number of halogens is 4. The van der Waals surface area contributed by atoms with Gasteiger partial charge in [-0.15, -0.1) is 0 Å². The first-order chi connectivity index (χ1) is 9.10. The Morgan fingerprint density at radius 2 is 1.95 bits per heavy atom. The van der Waals surface area contributed by atoms with E-state index in [0.29, 0.717) is 23.3 Å². The summed E-state index contributed by atoms with van der Waals surface area (Å²) in [6.45, 7) is -0.0572. The number of amides is 1. The molecule has 0 spiro atoms. The van der Waals surface area contributed by atoms with Crippen LogP contribution in [0.1, 0.15) is 12.0 Å². The summed E-state index contributed by atoms with van der Waals surface area (Å²) in [6.07, 6.45) is -4.26. The van der Waals surface area contributed by atoms with Crippen LogP contribution in [0, 0.1) is 0 Å². The summed E-state index contributed by atoms with van der Waals surface area (Å²) in [5, 5.41) is 0. The molecular formula is C11H9ClF3NO3S. The topological polar surface area (TPSA) is 54.5 Å². The lowest BCUT2D eigenvalue weighted by atomic mass is 10.0. The lowest BCUT2D eigenvalue weighted by Gasteiger charge is -2.30. The van der Waals surface area contributed by atoms with Crippen LogP contribution >= 0.6 is 10.7 Å². The number of alkyl halides is 3. The molecule has 0 fully saturated rings. The number of fused-ring (bicyclic) bond motifs is 1. The van der Waals surface area contributed by atoms with E-state index < -0.39 is 21.1 Å². The van der Waals surface area contributed by atoms with Crippen LogP contribution in [0.5, 0.6) is 0 Å². The zero-order valence-electron chi connectivity index (χ0n) is 9.95. The van der Waals surface area contributed by atoms with Crippen molar-refractivity contribution in [2.24, 2.45) is 0 Å². The number of anilines is 1. The third-order valence-electron chi connectivity index (χ3n) is 2.94. The lowest BCUT2D eigenvalue weighted by molar-refractivity contribution is -0.170. The Labute approximate surface area is 117 Å². The van der Waals surface area contributed by atoms with Gasteiger partial charge in [0.2, 0.25) is 0 Å². The second-order valence-electron chi connectivity index (χ2n) is 4.29. The average molecular weight is 328 g/mol. The van der Waals surface area contributed by atoms with E-state index in [1.165, 1.54) is 12.1 Å². The molecule has 1 aliphatic heterocycles. The van der Waals surface area contributed by atoms with Crippen LogP contribution in [0.3, 0.4) is 0 Å². The third-order valence-corrected chi connectivity index (χ3v) is 4.29. The molecule has 0 bridgehead atoms. The molecule has 0 radical (unpaired) electrons. The van der Waals surface area contributed by atoms with Crippen molar-refractivity contribution >= 4 is 31.3 Å². The fraction of sp³-hybridized carbons (Fsp3) is 0.364. The van der Waals surface area contributed by atoms with Gasteiger partial charge in [-0.25, -0.2) is 8.42 Å². The molecule has 0 atom stereocenters. The minimum atomic E-state index is -4.97. The first-order valence-electron chi connectivity index (χ1n) is 5.57. The lowest BCUT2D eigenvalue weighted by Crippen LogP contribution is -2.43. The number of benzene rings is 1. The second-order valence-corrected chi connectivity index (χ2v) is 6.85. The molecule has 1 aromatic carbocycles. The molecular weight excluding hydrogens is 319 g/mol. The number of hydrogen-bond donors (Lipinski definition) is 0. The molecule has 0 aliphatic carbocycles. The summed E-state index contributed by atoms with van der Waals surface area (Å²) >= 11 is 0. The number of aryl methyl sites for hydroxylation is 1. The SMILES string of the molecule is O=C(N1CCCc2cc(S(=O)(=O)Cl)ccc21)C(F)(F)F. The van der Waals surface area contributed by atoms with Gasteiger partial charge in [-0.1, -0.05) is 0 Å². The summed E-state index contributed by atoms with van der Waals surface area (Å²) in [6, 6.07) is 3.46. The molecule has 9 heteroatoms. The summed E-state index contributed by atoms with van der Waals surface area (Å²) in [5.41, 5.74) is 0.429. The van der Waals surface area contributed by atoms with Gasteiger partial charge in [0, 0.05) is 22.9 Å². The highest BCUT2D eigenvalue weighted by atomic mass is 35.7. The minimum absolute atomic E-state index is 0.0572. The van der Waals surface area contributed by atoms with E-state index in [2.05, 4.69) is 0 Å². The fourth-order valence-corrected chi connectivity index (χ4v) is 2.89. The van der Waals surface area contributed by atoms with Crippen LogP contribution < -0.4 is 4.90 Å². The van der Waals surface area contributed by atoms with Crippen LogP contribution in [0.4, 0.5) is 18.9 Å². The van der Waals surface area contributed by atoms with Crippen LogP contribution in [0.2, 0.25) is 0 Å². The van der Waals surface area contributed by atoms with Gasteiger partial charge in [0.15, 0.2) is 0 Å². The van der Waals surface area contributed by atoms with E-state index >= 15 is 0 Å². The van der Waals surface area contributed by atoms with Gasteiger partial charge in [0.1, 0.15) is 0 Å². The van der Waals surface area contributed by atoms with Crippen molar-refractivity contribution in [1.82, 2.24) is 0 Å². The van der Waals surface area contributed by atoms with Crippen molar-refractivity contribution < 1.29 is 26.4 Å². The molecule has 20 heavy (non-hydrogen) atoms. The highest BCUT2D eigenvalue weighted by Crippen LogP contribution is 2.33. The predicted molar refractivity (Wildman–Crippen MR) is 66.2 cm³/mol. The molecule has 1 aromatic rings. The van der Waals surface area contributed by atoms with Crippen molar-refractivity contribution in [3.63, 3.8) is 0 Å². The van der Waals surface area contributed by atoms with Gasteiger partial charge in [0.25, 0.3) is 9.05 Å². The van der Waals surface area contributed by atoms with Crippen molar-refractivity contribution in [3.8, 4) is 0 Å². The average Bonchev–Trinajstić information content (AvgIpc) is 2.34. The summed E-state index contributed by atoms with van der Waals surface area (Å²) < 4.78 is 59.9. The Morgan fingerprint density at radius 3 is 2.50 bits per heavy atom. The van der Waals surface area contributed by atoms with E-state index in [-0.39, 0.29) is 17.1 Å². The zero-order chi connectivity index (χ0) is 15.1. The highest BCUT2D eigenvalue weighted by Gasteiger charge is 2.44. The van der Waals surface area contributed by atoms with Crippen molar-refractivity contribution in [3.05, 3.63) is 23.8 Å². The first-order valence-corrected chi connectivity index (χ1v) is 7.88. The largest absolute Gasteiger partial charge is 0.471 e. The van der Waals surface area contributed by atoms with Gasteiger partial charge >= 0.3 is 12.1 Å². The summed E-state index contributed by atoms with van der Waals surface area (Å²) in [5.74, 6) is -1.96. The van der Waals surface area contributed by atoms with Crippen molar-refractivity contribution in [2.45, 2.75) is 23.9 Å². The van der Waals surface area contributed by atoms with Crippen molar-refractivity contribution in [2.75, 3.05) is 11.4 Å². The molecule has 0 unspecified atom stereocenters. The smallest absolute Gasteiger partial charge is 0.304 e. The molecule has 0 N–H and O–H groups in total. The molecule has 2 rings (SSSR count). The standard InChI is InChI=1S/C11H9ClF3NO3S/c12-20(18,19)8-3-4-9-7(6-8)2-1-5-16(9)10(17)11(13,14)15/h3-4,6H,1-2,5H2. The van der Waals surface area contributed by atoms with E-state index in [0.717, 1.165) is 6.07 Å². The second kappa shape index (κ2) is 4.92. The maximum atomic E-state index is 12.5. The summed E-state index contributed by atoms with van der Waals surface area (Å²) in [7, 11) is 1.23.